The van der Waals surface area contributed by atoms with Crippen LogP contribution in [0.15, 0.2) is 33.5 Å². The summed E-state index contributed by atoms with van der Waals surface area (Å²) in [5.74, 6) is 0.353. The van der Waals surface area contributed by atoms with Gasteiger partial charge in [0.15, 0.2) is 6.10 Å². The van der Waals surface area contributed by atoms with Crippen molar-refractivity contribution in [2.75, 3.05) is 26.7 Å². The van der Waals surface area contributed by atoms with Crippen LogP contribution in [-0.2, 0) is 16.0 Å². The number of aryl methyl sites for hydroxylation is 1. The molecular formula is C22H26N2O6. The highest BCUT2D eigenvalue weighted by molar-refractivity contribution is 5.83. The van der Waals surface area contributed by atoms with Crippen LogP contribution in [0, 0.1) is 0 Å². The summed E-state index contributed by atoms with van der Waals surface area (Å²) in [6.45, 7) is 5.27. The van der Waals surface area contributed by atoms with Crippen LogP contribution in [-0.4, -0.2) is 60.2 Å². The molecule has 2 fully saturated rings. The Morgan fingerprint density at radius 2 is 1.97 bits per heavy atom. The molecule has 2 aromatic rings. The summed E-state index contributed by atoms with van der Waals surface area (Å²) >= 11 is 0. The van der Waals surface area contributed by atoms with Crippen LogP contribution in [0.2, 0.25) is 0 Å². The normalized spacial score (nSPS) is 19.2. The third kappa shape index (κ3) is 3.74. The van der Waals surface area contributed by atoms with Gasteiger partial charge >= 0.3 is 11.7 Å². The quantitative estimate of drug-likeness (QED) is 0.715. The number of benzene rings is 1. The second-order valence-corrected chi connectivity index (χ2v) is 8.09. The van der Waals surface area contributed by atoms with Crippen molar-refractivity contribution in [3.8, 4) is 5.75 Å². The molecule has 1 unspecified atom stereocenters. The minimum absolute atomic E-state index is 0.119. The highest BCUT2D eigenvalue weighted by Gasteiger charge is 2.46. The average Bonchev–Trinajstić information content (AvgIpc) is 2.99. The van der Waals surface area contributed by atoms with Crippen LogP contribution < -0.4 is 10.4 Å². The molecule has 2 aliphatic rings. The zero-order chi connectivity index (χ0) is 21.5. The number of likely N-dealkylation sites (N-methyl/N-ethyl adjacent to an activating group) is 1. The van der Waals surface area contributed by atoms with Gasteiger partial charge in [-0.25, -0.2) is 9.59 Å². The molecule has 1 spiro atoms. The van der Waals surface area contributed by atoms with Crippen LogP contribution in [0.5, 0.6) is 5.75 Å². The number of rotatable bonds is 4. The summed E-state index contributed by atoms with van der Waals surface area (Å²) in [5, 5.41) is 0.862. The van der Waals surface area contributed by atoms with E-state index >= 15 is 0 Å². The maximum Gasteiger partial charge on any atom is 0.410 e. The maximum atomic E-state index is 12.9. The van der Waals surface area contributed by atoms with E-state index < -0.39 is 17.3 Å². The highest BCUT2D eigenvalue weighted by atomic mass is 16.6. The number of carbonyl (C=O) groups excluding carboxylic acids is 2. The molecule has 2 amide bonds. The van der Waals surface area contributed by atoms with Crippen molar-refractivity contribution < 1.29 is 23.5 Å². The van der Waals surface area contributed by atoms with Gasteiger partial charge in [0.05, 0.1) is 6.54 Å². The van der Waals surface area contributed by atoms with Crippen molar-refractivity contribution in [1.29, 1.82) is 0 Å². The third-order valence-corrected chi connectivity index (χ3v) is 5.97. The van der Waals surface area contributed by atoms with E-state index in [0.717, 1.165) is 17.4 Å². The average molecular weight is 414 g/mol. The minimum Gasteiger partial charge on any atom is -0.481 e. The summed E-state index contributed by atoms with van der Waals surface area (Å²) in [4.78, 5) is 39.6. The molecule has 0 radical (unpaired) electrons. The van der Waals surface area contributed by atoms with Gasteiger partial charge < -0.3 is 23.7 Å². The van der Waals surface area contributed by atoms with Gasteiger partial charge in [0.2, 0.25) is 0 Å². The fourth-order valence-corrected chi connectivity index (χ4v) is 4.27. The molecule has 0 saturated carbocycles. The number of hydrogen-bond acceptors (Lipinski definition) is 6. The van der Waals surface area contributed by atoms with Gasteiger partial charge in [0.1, 0.15) is 16.9 Å². The second-order valence-electron chi connectivity index (χ2n) is 8.09. The van der Waals surface area contributed by atoms with Gasteiger partial charge in [-0.2, -0.15) is 0 Å². The smallest absolute Gasteiger partial charge is 0.410 e. The molecule has 2 aliphatic heterocycles. The predicted octanol–water partition coefficient (Wildman–Crippen LogP) is 2.57. The standard InChI is InChI=1S/C22H26N2O6/c1-4-15-11-19(25)29-18-12-16(5-6-17(15)18)28-14(2)20(26)24-9-7-22(8-10-24)13-23(3)21(27)30-22/h5-6,11-12,14H,4,7-10,13H2,1-3H3. The zero-order valence-electron chi connectivity index (χ0n) is 17.5. The van der Waals surface area contributed by atoms with Crippen molar-refractivity contribution in [2.45, 2.75) is 44.8 Å². The lowest BCUT2D eigenvalue weighted by molar-refractivity contribution is -0.141. The van der Waals surface area contributed by atoms with E-state index in [0.29, 0.717) is 43.8 Å². The molecular weight excluding hydrogens is 388 g/mol. The fourth-order valence-electron chi connectivity index (χ4n) is 4.27. The van der Waals surface area contributed by atoms with Gasteiger partial charge in [-0.3, -0.25) is 4.79 Å². The first-order valence-electron chi connectivity index (χ1n) is 10.3. The summed E-state index contributed by atoms with van der Waals surface area (Å²) in [7, 11) is 1.72. The number of nitrogens with zero attached hydrogens (tertiary/aromatic N) is 2. The Bertz CT molecular complexity index is 1040. The second kappa shape index (κ2) is 7.66. The summed E-state index contributed by atoms with van der Waals surface area (Å²) in [6, 6.07) is 6.78. The summed E-state index contributed by atoms with van der Waals surface area (Å²) < 4.78 is 16.7. The van der Waals surface area contributed by atoms with Crippen LogP contribution in [0.1, 0.15) is 32.3 Å². The molecule has 0 aliphatic carbocycles. The predicted molar refractivity (Wildman–Crippen MR) is 110 cm³/mol. The largest absolute Gasteiger partial charge is 0.481 e. The molecule has 8 heteroatoms. The Kier molecular flexibility index (Phi) is 5.17. The van der Waals surface area contributed by atoms with E-state index in [1.165, 1.54) is 6.07 Å². The lowest BCUT2D eigenvalue weighted by Gasteiger charge is -2.38. The van der Waals surface area contributed by atoms with E-state index in [1.54, 1.807) is 35.9 Å². The van der Waals surface area contributed by atoms with Gasteiger partial charge in [-0.15, -0.1) is 0 Å². The van der Waals surface area contributed by atoms with Crippen molar-refractivity contribution >= 4 is 23.0 Å². The van der Waals surface area contributed by atoms with Crippen LogP contribution in [0.4, 0.5) is 4.79 Å². The highest BCUT2D eigenvalue weighted by Crippen LogP contribution is 2.33. The van der Waals surface area contributed by atoms with Crippen molar-refractivity contribution in [1.82, 2.24) is 9.80 Å². The van der Waals surface area contributed by atoms with E-state index in [9.17, 15) is 14.4 Å². The number of ether oxygens (including phenoxy) is 2. The van der Waals surface area contributed by atoms with E-state index in [1.807, 2.05) is 13.0 Å². The van der Waals surface area contributed by atoms with Gasteiger partial charge in [-0.1, -0.05) is 6.92 Å². The molecule has 8 nitrogen and oxygen atoms in total. The number of amides is 2. The molecule has 1 atom stereocenters. The summed E-state index contributed by atoms with van der Waals surface area (Å²) in [5.41, 5.74) is 0.474. The first kappa shape index (κ1) is 20.3. The lowest BCUT2D eigenvalue weighted by Crippen LogP contribution is -2.51. The molecule has 4 rings (SSSR count). The number of hydrogen-bond donors (Lipinski definition) is 0. The van der Waals surface area contributed by atoms with E-state index in [-0.39, 0.29) is 12.0 Å². The Labute approximate surface area is 174 Å². The monoisotopic (exact) mass is 414 g/mol. The minimum atomic E-state index is -0.689. The van der Waals surface area contributed by atoms with Crippen molar-refractivity contribution in [2.24, 2.45) is 0 Å². The van der Waals surface area contributed by atoms with Gasteiger partial charge in [0, 0.05) is 50.5 Å². The molecule has 2 saturated heterocycles. The number of likely N-dealkylation sites (tertiary alicyclic amines) is 1. The topological polar surface area (TPSA) is 89.3 Å². The van der Waals surface area contributed by atoms with E-state index in [2.05, 4.69) is 0 Å². The molecule has 1 aromatic carbocycles. The van der Waals surface area contributed by atoms with Gasteiger partial charge in [-0.05, 0) is 31.0 Å². The molecule has 0 bridgehead atoms. The Balaban J connectivity index is 1.42. The third-order valence-electron chi connectivity index (χ3n) is 5.97. The summed E-state index contributed by atoms with van der Waals surface area (Å²) in [6.07, 6.45) is 0.955. The number of piperidine rings is 1. The van der Waals surface area contributed by atoms with Crippen LogP contribution >= 0.6 is 0 Å². The lowest BCUT2D eigenvalue weighted by atomic mass is 9.91. The Hall–Kier alpha value is -3.03. The van der Waals surface area contributed by atoms with Crippen LogP contribution in [0.25, 0.3) is 11.0 Å². The zero-order valence-corrected chi connectivity index (χ0v) is 17.5. The first-order valence-corrected chi connectivity index (χ1v) is 10.3. The van der Waals surface area contributed by atoms with Crippen molar-refractivity contribution in [3.05, 3.63) is 40.2 Å². The number of carbonyl (C=O) groups is 2. The Morgan fingerprint density at radius 1 is 1.23 bits per heavy atom. The van der Waals surface area contributed by atoms with Gasteiger partial charge in [0.25, 0.3) is 5.91 Å². The van der Waals surface area contributed by atoms with Crippen molar-refractivity contribution in [3.63, 3.8) is 0 Å². The SMILES string of the molecule is CCc1cc(=O)oc2cc(OC(C)C(=O)N3CCC4(CC3)CN(C)C(=O)O4)ccc12. The fraction of sp³-hybridized carbons (Fsp3) is 0.500. The molecule has 1 aromatic heterocycles. The first-order chi connectivity index (χ1) is 14.3. The number of fused-ring (bicyclic) bond motifs is 1. The molecule has 160 valence electrons. The van der Waals surface area contributed by atoms with E-state index in [4.69, 9.17) is 13.9 Å². The molecule has 30 heavy (non-hydrogen) atoms. The molecule has 3 heterocycles. The molecule has 0 N–H and O–H groups in total. The maximum absolute atomic E-state index is 12.9. The Morgan fingerprint density at radius 3 is 2.60 bits per heavy atom. The van der Waals surface area contributed by atoms with Crippen LogP contribution in [0.3, 0.4) is 0 Å².